The van der Waals surface area contributed by atoms with Crippen molar-refractivity contribution in [3.63, 3.8) is 0 Å². The largest absolute Gasteiger partial charge is 0.295 e. The Morgan fingerprint density at radius 2 is 1.63 bits per heavy atom. The maximum Gasteiger partial charge on any atom is 0.295 e. The van der Waals surface area contributed by atoms with Gasteiger partial charge in [-0.15, -0.1) is 11.3 Å². The van der Waals surface area contributed by atoms with E-state index in [4.69, 9.17) is 9.11 Å². The van der Waals surface area contributed by atoms with E-state index in [2.05, 4.69) is 0 Å². The van der Waals surface area contributed by atoms with Crippen molar-refractivity contribution in [2.45, 2.75) is 9.79 Å². The molecule has 0 spiro atoms. The summed E-state index contributed by atoms with van der Waals surface area (Å²) in [7, 11) is -8.94. The number of benzene rings is 1. The van der Waals surface area contributed by atoms with Crippen LogP contribution in [0.5, 0.6) is 0 Å². The SMILES string of the molecule is O=S(=O)(O)c1ccc(S(=O)(=O)O)c(-c2cccs2)c1. The fraction of sp³-hybridized carbons (Fsp3) is 0. The molecule has 0 aliphatic carbocycles. The summed E-state index contributed by atoms with van der Waals surface area (Å²) in [6, 6.07) is 6.07. The lowest BCUT2D eigenvalue weighted by molar-refractivity contribution is 0.479. The molecule has 0 amide bonds. The summed E-state index contributed by atoms with van der Waals surface area (Å²) in [5.74, 6) is 0. The summed E-state index contributed by atoms with van der Waals surface area (Å²) in [6.07, 6.45) is 0. The second-order valence-electron chi connectivity index (χ2n) is 3.59. The topological polar surface area (TPSA) is 109 Å². The highest BCUT2D eigenvalue weighted by atomic mass is 32.2. The van der Waals surface area contributed by atoms with Crippen LogP contribution in [0.3, 0.4) is 0 Å². The molecule has 1 aromatic carbocycles. The molecule has 0 saturated heterocycles. The quantitative estimate of drug-likeness (QED) is 0.836. The molecule has 2 N–H and O–H groups in total. The molecular formula is C10H8O6S3. The molecule has 0 atom stereocenters. The number of hydrogen-bond acceptors (Lipinski definition) is 5. The van der Waals surface area contributed by atoms with E-state index in [1.165, 1.54) is 11.3 Å². The smallest absolute Gasteiger partial charge is 0.282 e. The van der Waals surface area contributed by atoms with Gasteiger partial charge in [-0.05, 0) is 29.6 Å². The van der Waals surface area contributed by atoms with Gasteiger partial charge in [-0.25, -0.2) is 0 Å². The summed E-state index contributed by atoms with van der Waals surface area (Å²) in [5, 5.41) is 1.67. The van der Waals surface area contributed by atoms with Crippen molar-refractivity contribution in [3.8, 4) is 10.4 Å². The van der Waals surface area contributed by atoms with Gasteiger partial charge in [-0.1, -0.05) is 6.07 Å². The summed E-state index contributed by atoms with van der Waals surface area (Å²) in [5.41, 5.74) is 0.0209. The predicted octanol–water partition coefficient (Wildman–Crippen LogP) is 1.91. The van der Waals surface area contributed by atoms with Crippen molar-refractivity contribution < 1.29 is 25.9 Å². The third-order valence-electron chi connectivity index (χ3n) is 2.31. The molecule has 0 unspecified atom stereocenters. The Kier molecular flexibility index (Phi) is 3.49. The van der Waals surface area contributed by atoms with Gasteiger partial charge in [-0.2, -0.15) is 16.8 Å². The molecule has 0 aliphatic rings. The second-order valence-corrected chi connectivity index (χ2v) is 7.34. The molecule has 2 rings (SSSR count). The average molecular weight is 320 g/mol. The van der Waals surface area contributed by atoms with Crippen LogP contribution >= 0.6 is 11.3 Å². The van der Waals surface area contributed by atoms with Gasteiger partial charge >= 0.3 is 0 Å². The highest BCUT2D eigenvalue weighted by Gasteiger charge is 2.20. The van der Waals surface area contributed by atoms with E-state index in [0.717, 1.165) is 18.2 Å². The van der Waals surface area contributed by atoms with Crippen molar-refractivity contribution in [2.75, 3.05) is 0 Å². The minimum Gasteiger partial charge on any atom is -0.282 e. The molecule has 0 radical (unpaired) electrons. The summed E-state index contributed by atoms with van der Waals surface area (Å²) >= 11 is 1.17. The van der Waals surface area contributed by atoms with Crippen LogP contribution in [0.1, 0.15) is 0 Å². The van der Waals surface area contributed by atoms with Crippen molar-refractivity contribution in [1.82, 2.24) is 0 Å². The fourth-order valence-electron chi connectivity index (χ4n) is 1.52. The van der Waals surface area contributed by atoms with E-state index in [1.807, 2.05) is 0 Å². The fourth-order valence-corrected chi connectivity index (χ4v) is 3.53. The third-order valence-corrected chi connectivity index (χ3v) is 4.98. The molecule has 0 bridgehead atoms. The van der Waals surface area contributed by atoms with Gasteiger partial charge in [0.15, 0.2) is 0 Å². The van der Waals surface area contributed by atoms with Crippen molar-refractivity contribution in [3.05, 3.63) is 35.7 Å². The van der Waals surface area contributed by atoms with Crippen LogP contribution in [-0.4, -0.2) is 25.9 Å². The Hall–Kier alpha value is -1.26. The molecule has 2 aromatic rings. The third kappa shape index (κ3) is 3.01. The number of thiophene rings is 1. The van der Waals surface area contributed by atoms with Gasteiger partial charge in [0, 0.05) is 10.4 Å². The highest BCUT2D eigenvalue weighted by molar-refractivity contribution is 7.86. The van der Waals surface area contributed by atoms with Crippen LogP contribution in [0.25, 0.3) is 10.4 Å². The van der Waals surface area contributed by atoms with Crippen LogP contribution in [0.15, 0.2) is 45.5 Å². The standard InChI is InChI=1S/C10H8O6S3/c11-18(12,13)7-3-4-10(19(14,15)16)8(6-7)9-2-1-5-17-9/h1-6H,(H,11,12,13)(H,14,15,16). The van der Waals surface area contributed by atoms with E-state index in [0.29, 0.717) is 4.88 Å². The van der Waals surface area contributed by atoms with Gasteiger partial charge in [0.05, 0.1) is 4.90 Å². The monoisotopic (exact) mass is 320 g/mol. The lowest BCUT2D eigenvalue weighted by Gasteiger charge is -2.07. The first-order chi connectivity index (χ1) is 8.69. The van der Waals surface area contributed by atoms with Gasteiger partial charge in [0.2, 0.25) is 0 Å². The zero-order chi connectivity index (χ0) is 14.3. The van der Waals surface area contributed by atoms with Crippen molar-refractivity contribution in [2.24, 2.45) is 0 Å². The molecule has 19 heavy (non-hydrogen) atoms. The Labute approximate surface area is 113 Å². The Balaban J connectivity index is 2.79. The number of hydrogen-bond donors (Lipinski definition) is 2. The van der Waals surface area contributed by atoms with E-state index >= 15 is 0 Å². The molecule has 9 heteroatoms. The molecule has 1 aromatic heterocycles. The van der Waals surface area contributed by atoms with E-state index < -0.39 is 30.0 Å². The minimum atomic E-state index is -4.49. The average Bonchev–Trinajstić information content (AvgIpc) is 2.79. The Morgan fingerprint density at radius 1 is 0.947 bits per heavy atom. The lowest BCUT2D eigenvalue weighted by Crippen LogP contribution is -2.04. The molecule has 0 saturated carbocycles. The predicted molar refractivity (Wildman–Crippen MR) is 69.4 cm³/mol. The highest BCUT2D eigenvalue weighted by Crippen LogP contribution is 2.32. The van der Waals surface area contributed by atoms with E-state index in [-0.39, 0.29) is 5.56 Å². The molecule has 102 valence electrons. The maximum absolute atomic E-state index is 11.3. The molecule has 6 nitrogen and oxygen atoms in total. The van der Waals surface area contributed by atoms with Crippen molar-refractivity contribution in [1.29, 1.82) is 0 Å². The normalized spacial score (nSPS) is 12.5. The van der Waals surface area contributed by atoms with Crippen LogP contribution < -0.4 is 0 Å². The van der Waals surface area contributed by atoms with Crippen molar-refractivity contribution >= 4 is 31.6 Å². The molecule has 0 fully saturated rings. The zero-order valence-electron chi connectivity index (χ0n) is 9.22. The minimum absolute atomic E-state index is 0.0209. The van der Waals surface area contributed by atoms with Crippen LogP contribution in [0, 0.1) is 0 Å². The Morgan fingerprint density at radius 3 is 2.11 bits per heavy atom. The second kappa shape index (κ2) is 4.69. The summed E-state index contributed by atoms with van der Waals surface area (Å²) < 4.78 is 62.7. The molecular weight excluding hydrogens is 312 g/mol. The van der Waals surface area contributed by atoms with Gasteiger partial charge in [-0.3, -0.25) is 9.11 Å². The first kappa shape index (κ1) is 14.2. The lowest BCUT2D eigenvalue weighted by atomic mass is 10.2. The van der Waals surface area contributed by atoms with Crippen LogP contribution in [-0.2, 0) is 20.2 Å². The van der Waals surface area contributed by atoms with Gasteiger partial charge < -0.3 is 0 Å². The first-order valence-corrected chi connectivity index (χ1v) is 8.58. The van der Waals surface area contributed by atoms with Gasteiger partial charge in [0.1, 0.15) is 4.90 Å². The molecule has 1 heterocycles. The van der Waals surface area contributed by atoms with Gasteiger partial charge in [0.25, 0.3) is 20.2 Å². The Bertz CT molecular complexity index is 803. The maximum atomic E-state index is 11.3. The zero-order valence-corrected chi connectivity index (χ0v) is 11.7. The van der Waals surface area contributed by atoms with E-state index in [9.17, 15) is 16.8 Å². The summed E-state index contributed by atoms with van der Waals surface area (Å²) in [4.78, 5) is -0.399. The first-order valence-electron chi connectivity index (χ1n) is 4.82. The van der Waals surface area contributed by atoms with Crippen LogP contribution in [0.4, 0.5) is 0 Å². The number of rotatable bonds is 3. The summed E-state index contributed by atoms with van der Waals surface area (Å²) in [6.45, 7) is 0. The van der Waals surface area contributed by atoms with E-state index in [1.54, 1.807) is 17.5 Å². The van der Waals surface area contributed by atoms with Crippen LogP contribution in [0.2, 0.25) is 0 Å². The molecule has 0 aliphatic heterocycles.